The maximum atomic E-state index is 12.2. The Labute approximate surface area is 137 Å². The van der Waals surface area contributed by atoms with Gasteiger partial charge in [0.25, 0.3) is 0 Å². The van der Waals surface area contributed by atoms with Gasteiger partial charge in [0.05, 0.1) is 24.8 Å². The maximum absolute atomic E-state index is 12.2. The lowest BCUT2D eigenvalue weighted by molar-refractivity contribution is 0.0207. The number of urea groups is 1. The molecule has 1 N–H and O–H groups in total. The van der Waals surface area contributed by atoms with Crippen LogP contribution < -0.4 is 5.32 Å². The van der Waals surface area contributed by atoms with Gasteiger partial charge in [0.2, 0.25) is 0 Å². The van der Waals surface area contributed by atoms with Crippen molar-refractivity contribution in [2.75, 3.05) is 39.9 Å². The van der Waals surface area contributed by atoms with Crippen molar-refractivity contribution in [1.29, 1.82) is 5.26 Å². The number of hydrogen-bond donors (Lipinski definition) is 1. The van der Waals surface area contributed by atoms with E-state index < -0.39 is 0 Å². The lowest BCUT2D eigenvalue weighted by Gasteiger charge is -2.32. The lowest BCUT2D eigenvalue weighted by Crippen LogP contribution is -2.49. The second-order valence-electron chi connectivity index (χ2n) is 5.85. The average molecular weight is 316 g/mol. The highest BCUT2D eigenvalue weighted by atomic mass is 16.5. The molecule has 0 spiro atoms. The van der Waals surface area contributed by atoms with Gasteiger partial charge in [0.1, 0.15) is 0 Å². The van der Waals surface area contributed by atoms with E-state index in [0.29, 0.717) is 18.7 Å². The molecule has 1 heterocycles. The quantitative estimate of drug-likeness (QED) is 0.892. The van der Waals surface area contributed by atoms with Crippen molar-refractivity contribution in [3.05, 3.63) is 35.4 Å². The summed E-state index contributed by atoms with van der Waals surface area (Å²) in [5.41, 5.74) is 1.56. The monoisotopic (exact) mass is 316 g/mol. The first-order valence-electron chi connectivity index (χ1n) is 7.90. The minimum atomic E-state index is -0.104. The fourth-order valence-corrected chi connectivity index (χ4v) is 2.60. The molecule has 1 saturated heterocycles. The zero-order valence-electron chi connectivity index (χ0n) is 13.8. The number of carbonyl (C=O) groups is 1. The van der Waals surface area contributed by atoms with Crippen LogP contribution in [0.5, 0.6) is 0 Å². The molecule has 0 bridgehead atoms. The zero-order valence-corrected chi connectivity index (χ0v) is 13.8. The Hall–Kier alpha value is -2.10. The van der Waals surface area contributed by atoms with Crippen LogP contribution in [0.1, 0.15) is 18.1 Å². The third-order valence-electron chi connectivity index (χ3n) is 4.04. The molecule has 1 aliphatic rings. The first-order chi connectivity index (χ1) is 11.1. The molecular formula is C17H24N4O2. The number of rotatable bonds is 5. The van der Waals surface area contributed by atoms with Gasteiger partial charge in [-0.05, 0) is 24.6 Å². The number of nitriles is 1. The van der Waals surface area contributed by atoms with E-state index in [1.165, 1.54) is 0 Å². The number of nitrogens with zero attached hydrogens (tertiary/aromatic N) is 3. The minimum Gasteiger partial charge on any atom is -0.379 e. The summed E-state index contributed by atoms with van der Waals surface area (Å²) in [4.78, 5) is 16.1. The van der Waals surface area contributed by atoms with Crippen molar-refractivity contribution in [3.63, 3.8) is 0 Å². The van der Waals surface area contributed by atoms with E-state index in [4.69, 9.17) is 10.00 Å². The molecule has 0 saturated carbocycles. The fraction of sp³-hybridized carbons (Fsp3) is 0.529. The molecule has 0 radical (unpaired) electrons. The van der Waals surface area contributed by atoms with Gasteiger partial charge in [-0.3, -0.25) is 4.90 Å². The Morgan fingerprint density at radius 3 is 2.91 bits per heavy atom. The van der Waals surface area contributed by atoms with Gasteiger partial charge in [-0.1, -0.05) is 12.1 Å². The number of amides is 2. The van der Waals surface area contributed by atoms with Crippen molar-refractivity contribution in [1.82, 2.24) is 15.1 Å². The summed E-state index contributed by atoms with van der Waals surface area (Å²) in [6, 6.07) is 9.61. The highest BCUT2D eigenvalue weighted by molar-refractivity contribution is 5.73. The summed E-state index contributed by atoms with van der Waals surface area (Å²) in [7, 11) is 1.76. The van der Waals surface area contributed by atoms with Gasteiger partial charge >= 0.3 is 6.03 Å². The number of benzene rings is 1. The van der Waals surface area contributed by atoms with Gasteiger partial charge in [0, 0.05) is 39.3 Å². The first-order valence-corrected chi connectivity index (χ1v) is 7.90. The smallest absolute Gasteiger partial charge is 0.317 e. The van der Waals surface area contributed by atoms with E-state index in [-0.39, 0.29) is 12.1 Å². The second kappa shape index (κ2) is 8.51. The van der Waals surface area contributed by atoms with Gasteiger partial charge in [-0.2, -0.15) is 5.26 Å². The molecule has 1 fully saturated rings. The molecule has 6 nitrogen and oxygen atoms in total. The highest BCUT2D eigenvalue weighted by Crippen LogP contribution is 2.07. The van der Waals surface area contributed by atoms with E-state index >= 15 is 0 Å². The van der Waals surface area contributed by atoms with E-state index in [2.05, 4.69) is 23.2 Å². The Bertz CT molecular complexity index is 564. The van der Waals surface area contributed by atoms with Crippen LogP contribution in [0, 0.1) is 11.3 Å². The molecule has 124 valence electrons. The van der Waals surface area contributed by atoms with Crippen molar-refractivity contribution < 1.29 is 9.53 Å². The molecule has 1 unspecified atom stereocenters. The molecule has 1 aromatic rings. The highest BCUT2D eigenvalue weighted by Gasteiger charge is 2.18. The summed E-state index contributed by atoms with van der Waals surface area (Å²) < 4.78 is 5.34. The summed E-state index contributed by atoms with van der Waals surface area (Å²) >= 11 is 0. The van der Waals surface area contributed by atoms with Crippen molar-refractivity contribution in [2.24, 2.45) is 0 Å². The first kappa shape index (κ1) is 17.3. The van der Waals surface area contributed by atoms with E-state index in [1.54, 1.807) is 24.1 Å². The summed E-state index contributed by atoms with van der Waals surface area (Å²) in [5, 5.41) is 11.9. The molecule has 2 amide bonds. The molecule has 1 aliphatic heterocycles. The van der Waals surface area contributed by atoms with Gasteiger partial charge in [-0.25, -0.2) is 4.79 Å². The molecule has 6 heteroatoms. The van der Waals surface area contributed by atoms with Gasteiger partial charge in [0.15, 0.2) is 0 Å². The predicted molar refractivity (Wildman–Crippen MR) is 87.9 cm³/mol. The van der Waals surface area contributed by atoms with E-state index in [9.17, 15) is 4.79 Å². The fourth-order valence-electron chi connectivity index (χ4n) is 2.60. The van der Waals surface area contributed by atoms with Crippen LogP contribution in [-0.4, -0.2) is 61.8 Å². The third kappa shape index (κ3) is 5.23. The SMILES string of the molecule is CC(CNC(=O)N(C)Cc1cccc(C#N)c1)N1CCOCC1. The molecule has 0 aliphatic carbocycles. The maximum Gasteiger partial charge on any atom is 0.317 e. The van der Waals surface area contributed by atoms with E-state index in [0.717, 1.165) is 31.9 Å². The zero-order chi connectivity index (χ0) is 16.7. The predicted octanol–water partition coefficient (Wildman–Crippen LogP) is 1.42. The van der Waals surface area contributed by atoms with Crippen LogP contribution >= 0.6 is 0 Å². The van der Waals surface area contributed by atoms with Crippen LogP contribution in [0.4, 0.5) is 4.79 Å². The second-order valence-corrected chi connectivity index (χ2v) is 5.85. The van der Waals surface area contributed by atoms with Crippen molar-refractivity contribution >= 4 is 6.03 Å². The van der Waals surface area contributed by atoms with Gasteiger partial charge in [-0.15, -0.1) is 0 Å². The number of morpholine rings is 1. The van der Waals surface area contributed by atoms with Crippen molar-refractivity contribution in [2.45, 2.75) is 19.5 Å². The number of ether oxygens (including phenoxy) is 1. The van der Waals surface area contributed by atoms with Crippen LogP contribution in [0.15, 0.2) is 24.3 Å². The number of carbonyl (C=O) groups excluding carboxylic acids is 1. The van der Waals surface area contributed by atoms with E-state index in [1.807, 2.05) is 12.1 Å². The Kier molecular flexibility index (Phi) is 6.39. The third-order valence-corrected chi connectivity index (χ3v) is 4.04. The lowest BCUT2D eigenvalue weighted by atomic mass is 10.1. The van der Waals surface area contributed by atoms with Crippen LogP contribution in [0.2, 0.25) is 0 Å². The minimum absolute atomic E-state index is 0.104. The molecular weight excluding hydrogens is 292 g/mol. The van der Waals surface area contributed by atoms with Crippen LogP contribution in [-0.2, 0) is 11.3 Å². The standard InChI is InChI=1S/C17H24N4O2/c1-14(21-6-8-23-9-7-21)12-19-17(22)20(2)13-16-5-3-4-15(10-16)11-18/h3-5,10,14H,6-9,12-13H2,1-2H3,(H,19,22). The molecule has 2 rings (SSSR count). The molecule has 1 atom stereocenters. The Morgan fingerprint density at radius 2 is 2.22 bits per heavy atom. The average Bonchev–Trinajstić information content (AvgIpc) is 2.60. The Morgan fingerprint density at radius 1 is 1.48 bits per heavy atom. The number of hydrogen-bond acceptors (Lipinski definition) is 4. The van der Waals surface area contributed by atoms with Crippen LogP contribution in [0.25, 0.3) is 0 Å². The molecule has 0 aromatic heterocycles. The largest absolute Gasteiger partial charge is 0.379 e. The van der Waals surface area contributed by atoms with Crippen molar-refractivity contribution in [3.8, 4) is 6.07 Å². The molecule has 1 aromatic carbocycles. The van der Waals surface area contributed by atoms with Crippen LogP contribution in [0.3, 0.4) is 0 Å². The number of nitrogens with one attached hydrogen (secondary N) is 1. The normalized spacial score (nSPS) is 16.4. The topological polar surface area (TPSA) is 68.6 Å². The summed E-state index contributed by atoms with van der Waals surface area (Å²) in [6.07, 6.45) is 0. The Balaban J connectivity index is 1.79. The molecule has 23 heavy (non-hydrogen) atoms. The summed E-state index contributed by atoms with van der Waals surface area (Å²) in [6.45, 7) is 6.54. The van der Waals surface area contributed by atoms with Gasteiger partial charge < -0.3 is 15.0 Å². The summed E-state index contributed by atoms with van der Waals surface area (Å²) in [5.74, 6) is 0.